The minimum Gasteiger partial charge on any atom is -0.376 e. The van der Waals surface area contributed by atoms with E-state index in [4.69, 9.17) is 4.74 Å². The van der Waals surface area contributed by atoms with Crippen molar-refractivity contribution in [2.24, 2.45) is 5.41 Å². The molecule has 0 aliphatic heterocycles. The van der Waals surface area contributed by atoms with Gasteiger partial charge in [-0.25, -0.2) is 0 Å². The third-order valence-corrected chi connectivity index (χ3v) is 4.55. The van der Waals surface area contributed by atoms with E-state index in [1.165, 1.54) is 38.5 Å². The van der Waals surface area contributed by atoms with Crippen LogP contribution in [-0.2, 0) is 4.74 Å². The fourth-order valence-corrected chi connectivity index (χ4v) is 3.17. The molecule has 0 saturated heterocycles. The summed E-state index contributed by atoms with van der Waals surface area (Å²) in [6, 6.07) is 0. The van der Waals surface area contributed by atoms with Crippen LogP contribution in [0, 0.1) is 5.41 Å². The first-order valence-corrected chi connectivity index (χ1v) is 7.30. The molecule has 2 heteroatoms. The third kappa shape index (κ3) is 4.86. The second-order valence-electron chi connectivity index (χ2n) is 5.91. The van der Waals surface area contributed by atoms with Crippen LogP contribution in [0.4, 0.5) is 0 Å². The van der Waals surface area contributed by atoms with Crippen LogP contribution in [0.25, 0.3) is 0 Å². The summed E-state index contributed by atoms with van der Waals surface area (Å²) in [7, 11) is 0. The van der Waals surface area contributed by atoms with Crippen LogP contribution in [0.5, 0.6) is 0 Å². The largest absolute Gasteiger partial charge is 0.376 e. The Balaban J connectivity index is 2.33. The van der Waals surface area contributed by atoms with E-state index in [0.717, 1.165) is 11.9 Å². The molecular weight excluding hydrogens is 252 g/mol. The second-order valence-corrected chi connectivity index (χ2v) is 6.47. The van der Waals surface area contributed by atoms with E-state index in [-0.39, 0.29) is 5.60 Å². The van der Waals surface area contributed by atoms with Gasteiger partial charge in [-0.05, 0) is 45.4 Å². The molecule has 0 spiro atoms. The SMILES string of the molecule is CC(C)(C)OCCC1(CBr)CCCCC1. The molecule has 0 radical (unpaired) electrons. The van der Waals surface area contributed by atoms with E-state index in [0.29, 0.717) is 5.41 Å². The fourth-order valence-electron chi connectivity index (χ4n) is 2.33. The van der Waals surface area contributed by atoms with Crippen molar-refractivity contribution < 1.29 is 4.74 Å². The Hall–Kier alpha value is 0.440. The number of halogens is 1. The molecule has 0 amide bonds. The predicted molar refractivity (Wildman–Crippen MR) is 69.6 cm³/mol. The highest BCUT2D eigenvalue weighted by atomic mass is 79.9. The topological polar surface area (TPSA) is 9.23 Å². The monoisotopic (exact) mass is 276 g/mol. The number of ether oxygens (including phenoxy) is 1. The molecule has 1 fully saturated rings. The highest BCUT2D eigenvalue weighted by molar-refractivity contribution is 9.09. The van der Waals surface area contributed by atoms with Crippen LogP contribution in [0.2, 0.25) is 0 Å². The highest BCUT2D eigenvalue weighted by Gasteiger charge is 2.30. The summed E-state index contributed by atoms with van der Waals surface area (Å²) in [6.07, 6.45) is 8.21. The van der Waals surface area contributed by atoms with Gasteiger partial charge in [0.15, 0.2) is 0 Å². The maximum atomic E-state index is 5.84. The lowest BCUT2D eigenvalue weighted by Gasteiger charge is -2.36. The van der Waals surface area contributed by atoms with Crippen LogP contribution >= 0.6 is 15.9 Å². The molecule has 1 aliphatic carbocycles. The van der Waals surface area contributed by atoms with Gasteiger partial charge in [0.25, 0.3) is 0 Å². The summed E-state index contributed by atoms with van der Waals surface area (Å²) in [5, 5.41) is 1.15. The van der Waals surface area contributed by atoms with Gasteiger partial charge in [0, 0.05) is 11.9 Å². The Morgan fingerprint density at radius 1 is 1.13 bits per heavy atom. The van der Waals surface area contributed by atoms with E-state index >= 15 is 0 Å². The van der Waals surface area contributed by atoms with Crippen molar-refractivity contribution in [3.05, 3.63) is 0 Å². The summed E-state index contributed by atoms with van der Waals surface area (Å²) < 4.78 is 5.84. The highest BCUT2D eigenvalue weighted by Crippen LogP contribution is 2.40. The lowest BCUT2D eigenvalue weighted by atomic mass is 9.73. The normalized spacial score (nSPS) is 21.6. The number of alkyl halides is 1. The summed E-state index contributed by atoms with van der Waals surface area (Å²) in [5.41, 5.74) is 0.547. The van der Waals surface area contributed by atoms with Gasteiger partial charge in [-0.15, -0.1) is 0 Å². The number of rotatable bonds is 4. The maximum Gasteiger partial charge on any atom is 0.0598 e. The van der Waals surface area contributed by atoms with Crippen molar-refractivity contribution in [3.8, 4) is 0 Å². The fraction of sp³-hybridized carbons (Fsp3) is 1.00. The van der Waals surface area contributed by atoms with Crippen LogP contribution in [-0.4, -0.2) is 17.5 Å². The Labute approximate surface area is 103 Å². The molecule has 0 aromatic rings. The molecule has 1 saturated carbocycles. The zero-order valence-corrected chi connectivity index (χ0v) is 12.0. The van der Waals surface area contributed by atoms with E-state index in [1.54, 1.807) is 0 Å². The van der Waals surface area contributed by atoms with Gasteiger partial charge in [-0.3, -0.25) is 0 Å². The summed E-state index contributed by atoms with van der Waals surface area (Å²) in [6.45, 7) is 7.31. The lowest BCUT2D eigenvalue weighted by molar-refractivity contribution is -0.0203. The third-order valence-electron chi connectivity index (χ3n) is 3.37. The predicted octanol–water partition coefficient (Wildman–Crippen LogP) is 4.54. The van der Waals surface area contributed by atoms with Gasteiger partial charge in [-0.1, -0.05) is 35.2 Å². The Kier molecular flexibility index (Phi) is 5.11. The number of hydrogen-bond acceptors (Lipinski definition) is 1. The number of hydrogen-bond donors (Lipinski definition) is 0. The van der Waals surface area contributed by atoms with Gasteiger partial charge in [0.05, 0.1) is 5.60 Å². The summed E-state index contributed by atoms with van der Waals surface area (Å²) in [5.74, 6) is 0. The molecular formula is C13H25BrO. The molecule has 0 N–H and O–H groups in total. The first kappa shape index (κ1) is 13.5. The minimum atomic E-state index is 0.0160. The second kappa shape index (κ2) is 5.67. The molecule has 1 nitrogen and oxygen atoms in total. The molecule has 0 aromatic carbocycles. The van der Waals surface area contributed by atoms with Gasteiger partial charge in [-0.2, -0.15) is 0 Å². The van der Waals surface area contributed by atoms with Crippen LogP contribution in [0.3, 0.4) is 0 Å². The van der Waals surface area contributed by atoms with Crippen LogP contribution in [0.1, 0.15) is 59.3 Å². The molecule has 1 aliphatic rings. The van der Waals surface area contributed by atoms with Crippen LogP contribution in [0.15, 0.2) is 0 Å². The Bertz CT molecular complexity index is 177. The van der Waals surface area contributed by atoms with Crippen molar-refractivity contribution in [2.45, 2.75) is 64.9 Å². The molecule has 90 valence electrons. The van der Waals surface area contributed by atoms with Crippen molar-refractivity contribution in [1.29, 1.82) is 0 Å². The van der Waals surface area contributed by atoms with E-state index in [9.17, 15) is 0 Å². The first-order valence-electron chi connectivity index (χ1n) is 6.17. The first-order chi connectivity index (χ1) is 6.97. The zero-order valence-electron chi connectivity index (χ0n) is 10.4. The van der Waals surface area contributed by atoms with E-state index in [1.807, 2.05) is 0 Å². The standard InChI is InChI=1S/C13H25BrO/c1-12(2,3)15-10-9-13(11-14)7-5-4-6-8-13/h4-11H2,1-3H3. The van der Waals surface area contributed by atoms with Gasteiger partial charge in [0.2, 0.25) is 0 Å². The van der Waals surface area contributed by atoms with E-state index < -0.39 is 0 Å². The van der Waals surface area contributed by atoms with Crippen molar-refractivity contribution in [2.75, 3.05) is 11.9 Å². The summed E-state index contributed by atoms with van der Waals surface area (Å²) >= 11 is 3.69. The molecule has 0 bridgehead atoms. The average molecular weight is 277 g/mol. The molecule has 0 atom stereocenters. The lowest BCUT2D eigenvalue weighted by Crippen LogP contribution is -2.29. The average Bonchev–Trinajstić information content (AvgIpc) is 2.17. The van der Waals surface area contributed by atoms with Gasteiger partial charge in [0.1, 0.15) is 0 Å². The van der Waals surface area contributed by atoms with Crippen molar-refractivity contribution in [3.63, 3.8) is 0 Å². The molecule has 0 unspecified atom stereocenters. The van der Waals surface area contributed by atoms with Gasteiger partial charge >= 0.3 is 0 Å². The minimum absolute atomic E-state index is 0.0160. The van der Waals surface area contributed by atoms with Crippen molar-refractivity contribution >= 4 is 15.9 Å². The Morgan fingerprint density at radius 2 is 1.73 bits per heavy atom. The molecule has 0 heterocycles. The Morgan fingerprint density at radius 3 is 2.20 bits per heavy atom. The smallest absolute Gasteiger partial charge is 0.0598 e. The zero-order chi connectivity index (χ0) is 11.4. The molecule has 15 heavy (non-hydrogen) atoms. The molecule has 0 aromatic heterocycles. The quantitative estimate of drug-likeness (QED) is 0.686. The van der Waals surface area contributed by atoms with Crippen molar-refractivity contribution in [1.82, 2.24) is 0 Å². The molecule has 1 rings (SSSR count). The maximum absolute atomic E-state index is 5.84. The van der Waals surface area contributed by atoms with Crippen LogP contribution < -0.4 is 0 Å². The van der Waals surface area contributed by atoms with E-state index in [2.05, 4.69) is 36.7 Å². The summed E-state index contributed by atoms with van der Waals surface area (Å²) in [4.78, 5) is 0. The van der Waals surface area contributed by atoms with Gasteiger partial charge < -0.3 is 4.74 Å².